The van der Waals surface area contributed by atoms with E-state index in [4.69, 9.17) is 0 Å². The van der Waals surface area contributed by atoms with E-state index in [1.54, 1.807) is 19.1 Å². The molecule has 0 unspecified atom stereocenters. The number of carbonyl (C=O) groups is 1. The number of nitrogens with one attached hydrogen (secondary N) is 3. The summed E-state index contributed by atoms with van der Waals surface area (Å²) in [7, 11) is -1.68. The number of hydrogen-bond donors (Lipinski definition) is 3. The van der Waals surface area contributed by atoms with Crippen molar-refractivity contribution in [3.05, 3.63) is 23.8 Å². The highest BCUT2D eigenvalue weighted by Crippen LogP contribution is 2.25. The van der Waals surface area contributed by atoms with Gasteiger partial charge >= 0.3 is 0 Å². The molecule has 1 amide bonds. The summed E-state index contributed by atoms with van der Waals surface area (Å²) in [5.74, 6) is -0.113. The lowest BCUT2D eigenvalue weighted by molar-refractivity contribution is -0.116. The third kappa shape index (κ3) is 4.79. The van der Waals surface area contributed by atoms with Gasteiger partial charge in [0, 0.05) is 18.2 Å². The second-order valence-corrected chi connectivity index (χ2v) is 7.31. The Morgan fingerprint density at radius 3 is 2.68 bits per heavy atom. The number of rotatable bonds is 8. The van der Waals surface area contributed by atoms with Gasteiger partial charge in [-0.15, -0.1) is 0 Å². The summed E-state index contributed by atoms with van der Waals surface area (Å²) in [5.41, 5.74) is 1.18. The molecule has 6 nitrogen and oxygen atoms in total. The molecule has 1 aromatic carbocycles. The molecule has 1 aliphatic carbocycles. The fraction of sp³-hybridized carbons (Fsp3) is 0.533. The van der Waals surface area contributed by atoms with E-state index in [1.807, 2.05) is 7.05 Å². The number of aryl methyl sites for hydroxylation is 1. The molecule has 0 aliphatic heterocycles. The zero-order valence-corrected chi connectivity index (χ0v) is 13.8. The van der Waals surface area contributed by atoms with Crippen molar-refractivity contribution in [2.24, 2.45) is 0 Å². The third-order valence-corrected chi connectivity index (χ3v) is 5.15. The van der Waals surface area contributed by atoms with Gasteiger partial charge < -0.3 is 10.6 Å². The molecule has 0 aromatic heterocycles. The molecule has 7 heteroatoms. The summed E-state index contributed by atoms with van der Waals surface area (Å²) < 4.78 is 27.3. The Bertz CT molecular complexity index is 639. The molecule has 3 N–H and O–H groups in total. The van der Waals surface area contributed by atoms with Gasteiger partial charge in [0.1, 0.15) is 0 Å². The van der Waals surface area contributed by atoms with E-state index in [-0.39, 0.29) is 16.8 Å². The standard InChI is InChI=1S/C15H23N3O3S/c1-11-5-6-13(17-15(19)4-3-9-16-2)10-14(11)22(20,21)18-12-7-8-12/h5-6,10,12,16,18H,3-4,7-9H2,1-2H3,(H,17,19). The first kappa shape index (κ1) is 16.9. The van der Waals surface area contributed by atoms with Gasteiger partial charge in [-0.25, -0.2) is 13.1 Å². The number of carbonyl (C=O) groups excluding carboxylic acids is 1. The first-order valence-electron chi connectivity index (χ1n) is 7.50. The van der Waals surface area contributed by atoms with Gasteiger partial charge in [-0.3, -0.25) is 4.79 Å². The van der Waals surface area contributed by atoms with Crippen molar-refractivity contribution in [3.63, 3.8) is 0 Å². The fourth-order valence-corrected chi connectivity index (χ4v) is 3.68. The van der Waals surface area contributed by atoms with Crippen LogP contribution >= 0.6 is 0 Å². The van der Waals surface area contributed by atoms with Crippen LogP contribution in [0.1, 0.15) is 31.2 Å². The van der Waals surface area contributed by atoms with E-state index < -0.39 is 10.0 Å². The van der Waals surface area contributed by atoms with Gasteiger partial charge in [0.15, 0.2) is 0 Å². The maximum absolute atomic E-state index is 12.3. The van der Waals surface area contributed by atoms with Crippen molar-refractivity contribution >= 4 is 21.6 Å². The number of sulfonamides is 1. The molecule has 0 atom stereocenters. The molecule has 122 valence electrons. The molecule has 0 radical (unpaired) electrons. The van der Waals surface area contributed by atoms with Crippen LogP contribution in [0.3, 0.4) is 0 Å². The molecule has 1 aromatic rings. The van der Waals surface area contributed by atoms with E-state index in [0.29, 0.717) is 17.7 Å². The largest absolute Gasteiger partial charge is 0.326 e. The van der Waals surface area contributed by atoms with Crippen molar-refractivity contribution in [2.75, 3.05) is 18.9 Å². The normalized spacial score (nSPS) is 14.8. The smallest absolute Gasteiger partial charge is 0.241 e. The van der Waals surface area contributed by atoms with Crippen LogP contribution in [0.4, 0.5) is 5.69 Å². The Morgan fingerprint density at radius 1 is 1.32 bits per heavy atom. The lowest BCUT2D eigenvalue weighted by Gasteiger charge is -2.11. The lowest BCUT2D eigenvalue weighted by Crippen LogP contribution is -2.26. The average molecular weight is 325 g/mol. The van der Waals surface area contributed by atoms with E-state index in [1.165, 1.54) is 6.07 Å². The zero-order chi connectivity index (χ0) is 16.2. The average Bonchev–Trinajstić information content (AvgIpc) is 3.24. The number of hydrogen-bond acceptors (Lipinski definition) is 4. The zero-order valence-electron chi connectivity index (χ0n) is 13.0. The molecule has 1 aliphatic rings. The predicted octanol–water partition coefficient (Wildman–Crippen LogP) is 1.37. The first-order valence-corrected chi connectivity index (χ1v) is 8.98. The second kappa shape index (κ2) is 7.21. The molecular weight excluding hydrogens is 302 g/mol. The van der Waals surface area contributed by atoms with Crippen LogP contribution in [0.5, 0.6) is 0 Å². The van der Waals surface area contributed by atoms with Gasteiger partial charge in [0.05, 0.1) is 4.90 Å². The van der Waals surface area contributed by atoms with E-state index in [2.05, 4.69) is 15.4 Å². The highest BCUT2D eigenvalue weighted by Gasteiger charge is 2.29. The number of amides is 1. The Morgan fingerprint density at radius 2 is 2.05 bits per heavy atom. The fourth-order valence-electron chi connectivity index (χ4n) is 2.10. The highest BCUT2D eigenvalue weighted by atomic mass is 32.2. The van der Waals surface area contributed by atoms with Crippen molar-refractivity contribution in [1.82, 2.24) is 10.0 Å². The highest BCUT2D eigenvalue weighted by molar-refractivity contribution is 7.89. The molecule has 2 rings (SSSR count). The number of anilines is 1. The third-order valence-electron chi connectivity index (χ3n) is 3.49. The van der Waals surface area contributed by atoms with E-state index >= 15 is 0 Å². The van der Waals surface area contributed by atoms with Gasteiger partial charge in [-0.1, -0.05) is 6.07 Å². The lowest BCUT2D eigenvalue weighted by atomic mass is 10.2. The summed E-state index contributed by atoms with van der Waals surface area (Å²) in [5, 5.41) is 5.73. The summed E-state index contributed by atoms with van der Waals surface area (Å²) in [6.45, 7) is 2.52. The minimum atomic E-state index is -3.52. The van der Waals surface area contributed by atoms with Crippen LogP contribution in [0.25, 0.3) is 0 Å². The van der Waals surface area contributed by atoms with Crippen molar-refractivity contribution in [2.45, 2.75) is 43.5 Å². The van der Waals surface area contributed by atoms with Crippen LogP contribution < -0.4 is 15.4 Å². The van der Waals surface area contributed by atoms with E-state index in [0.717, 1.165) is 25.8 Å². The van der Waals surface area contributed by atoms with Gasteiger partial charge in [-0.2, -0.15) is 0 Å². The van der Waals surface area contributed by atoms with Crippen LogP contribution in [0.2, 0.25) is 0 Å². The molecule has 1 saturated carbocycles. The van der Waals surface area contributed by atoms with Gasteiger partial charge in [0.2, 0.25) is 15.9 Å². The maximum atomic E-state index is 12.3. The first-order chi connectivity index (χ1) is 10.4. The monoisotopic (exact) mass is 325 g/mol. The minimum Gasteiger partial charge on any atom is -0.326 e. The van der Waals surface area contributed by atoms with Crippen LogP contribution in [0.15, 0.2) is 23.1 Å². The quantitative estimate of drug-likeness (QED) is 0.630. The maximum Gasteiger partial charge on any atom is 0.241 e. The molecular formula is C15H23N3O3S. The second-order valence-electron chi connectivity index (χ2n) is 5.63. The topological polar surface area (TPSA) is 87.3 Å². The van der Waals surface area contributed by atoms with Crippen molar-refractivity contribution in [1.29, 1.82) is 0 Å². The Labute approximate surface area is 131 Å². The molecule has 22 heavy (non-hydrogen) atoms. The van der Waals surface area contributed by atoms with Crippen molar-refractivity contribution in [3.8, 4) is 0 Å². The van der Waals surface area contributed by atoms with Gasteiger partial charge in [-0.05, 0) is 57.5 Å². The van der Waals surface area contributed by atoms with Crippen molar-refractivity contribution < 1.29 is 13.2 Å². The molecule has 0 saturated heterocycles. The van der Waals surface area contributed by atoms with Crippen LogP contribution in [-0.2, 0) is 14.8 Å². The molecule has 1 fully saturated rings. The molecule has 0 bridgehead atoms. The Kier molecular flexibility index (Phi) is 5.55. The van der Waals surface area contributed by atoms with Gasteiger partial charge in [0.25, 0.3) is 0 Å². The molecule has 0 heterocycles. The summed E-state index contributed by atoms with van der Waals surface area (Å²) in [4.78, 5) is 12.0. The summed E-state index contributed by atoms with van der Waals surface area (Å²) in [6.07, 6.45) is 2.92. The van der Waals surface area contributed by atoms with E-state index in [9.17, 15) is 13.2 Å². The summed E-state index contributed by atoms with van der Waals surface area (Å²) >= 11 is 0. The molecule has 0 spiro atoms. The Hall–Kier alpha value is -1.44. The Balaban J connectivity index is 2.07. The minimum absolute atomic E-state index is 0.0594. The summed E-state index contributed by atoms with van der Waals surface area (Å²) in [6, 6.07) is 5.02. The predicted molar refractivity (Wildman–Crippen MR) is 86.3 cm³/mol. The number of benzene rings is 1. The van der Waals surface area contributed by atoms with Crippen LogP contribution in [-0.4, -0.2) is 34.0 Å². The van der Waals surface area contributed by atoms with Crippen LogP contribution in [0, 0.1) is 6.92 Å². The SMILES string of the molecule is CNCCCC(=O)Nc1ccc(C)c(S(=O)(=O)NC2CC2)c1.